The van der Waals surface area contributed by atoms with E-state index in [-0.39, 0.29) is 0 Å². The Labute approximate surface area is 99.5 Å². The van der Waals surface area contributed by atoms with Gasteiger partial charge < -0.3 is 0 Å². The van der Waals surface area contributed by atoms with Crippen LogP contribution < -0.4 is 0 Å². The smallest absolute Gasteiger partial charge is 0.106 e. The second-order valence-electron chi connectivity index (χ2n) is 3.16. The van der Waals surface area contributed by atoms with Crippen molar-refractivity contribution in [1.29, 1.82) is 0 Å². The van der Waals surface area contributed by atoms with Gasteiger partial charge in [-0.1, -0.05) is 60.1 Å². The van der Waals surface area contributed by atoms with Gasteiger partial charge in [-0.05, 0) is 17.2 Å². The van der Waals surface area contributed by atoms with E-state index in [2.05, 4.69) is 0 Å². The number of rotatable bonds is 2. The fraction of sp³-hybridized carbons (Fsp3) is 0. The molecule has 0 saturated carbocycles. The summed E-state index contributed by atoms with van der Waals surface area (Å²) in [5, 5.41) is 1.35. The van der Waals surface area contributed by atoms with Crippen LogP contribution >= 0.6 is 23.2 Å². The summed E-state index contributed by atoms with van der Waals surface area (Å²) in [6, 6.07) is 17.4. The van der Waals surface area contributed by atoms with E-state index in [0.717, 1.165) is 11.1 Å². The normalized spacial score (nSPS) is 10.6. The molecule has 0 saturated heterocycles. The van der Waals surface area contributed by atoms with Crippen LogP contribution in [0.1, 0.15) is 11.1 Å². The molecule has 0 aliphatic carbocycles. The van der Waals surface area contributed by atoms with Crippen LogP contribution in [0, 0.1) is 5.38 Å². The third kappa shape index (κ3) is 2.34. The van der Waals surface area contributed by atoms with Crippen molar-refractivity contribution in [3.05, 3.63) is 76.1 Å². The molecule has 0 spiro atoms. The van der Waals surface area contributed by atoms with Gasteiger partial charge in [-0.2, -0.15) is 0 Å². The fourth-order valence-electron chi connectivity index (χ4n) is 1.38. The van der Waals surface area contributed by atoms with E-state index in [1.54, 1.807) is 0 Å². The Hall–Kier alpha value is -0.980. The van der Waals surface area contributed by atoms with Gasteiger partial charge >= 0.3 is 0 Å². The molecule has 0 N–H and O–H groups in total. The Morgan fingerprint density at radius 3 is 2.07 bits per heavy atom. The summed E-state index contributed by atoms with van der Waals surface area (Å²) in [6.07, 6.45) is 0. The number of hydrogen-bond donors (Lipinski definition) is 0. The molecular formula is C13H9Cl2. The van der Waals surface area contributed by atoms with Crippen molar-refractivity contribution in [2.24, 2.45) is 0 Å². The van der Waals surface area contributed by atoms with Gasteiger partial charge in [-0.15, -0.1) is 11.6 Å². The molecule has 2 aromatic carbocycles. The summed E-state index contributed by atoms with van der Waals surface area (Å²) in [5.74, 6) is 0. The minimum absolute atomic E-state index is 0.673. The van der Waals surface area contributed by atoms with Gasteiger partial charge in [0.1, 0.15) is 5.38 Å². The largest absolute Gasteiger partial charge is 0.123 e. The summed E-state index contributed by atoms with van der Waals surface area (Å²) in [5.41, 5.74) is 1.85. The first-order chi connectivity index (χ1) is 7.29. The van der Waals surface area contributed by atoms with Crippen molar-refractivity contribution < 1.29 is 0 Å². The van der Waals surface area contributed by atoms with Gasteiger partial charge in [0.25, 0.3) is 0 Å². The molecule has 0 aliphatic heterocycles. The molecule has 75 valence electrons. The Morgan fingerprint density at radius 1 is 0.800 bits per heavy atom. The van der Waals surface area contributed by atoms with E-state index in [1.165, 1.54) is 0 Å². The minimum atomic E-state index is 0.673. The van der Waals surface area contributed by atoms with E-state index in [0.29, 0.717) is 10.4 Å². The van der Waals surface area contributed by atoms with E-state index in [1.807, 2.05) is 54.6 Å². The summed E-state index contributed by atoms with van der Waals surface area (Å²) in [7, 11) is 0. The van der Waals surface area contributed by atoms with Gasteiger partial charge in [0, 0.05) is 5.02 Å². The molecule has 0 bridgehead atoms. The van der Waals surface area contributed by atoms with Gasteiger partial charge in [-0.3, -0.25) is 0 Å². The Kier molecular flexibility index (Phi) is 3.30. The van der Waals surface area contributed by atoms with Crippen LogP contribution in [-0.2, 0) is 0 Å². The monoisotopic (exact) mass is 235 g/mol. The standard InChI is InChI=1S/C13H9Cl2/c14-12-9-5-4-8-11(12)13(15)10-6-2-1-3-7-10/h1-9H. The zero-order chi connectivity index (χ0) is 10.7. The molecule has 1 radical (unpaired) electrons. The molecule has 0 heterocycles. The topological polar surface area (TPSA) is 0 Å². The second-order valence-corrected chi connectivity index (χ2v) is 3.95. The highest BCUT2D eigenvalue weighted by Crippen LogP contribution is 2.31. The molecule has 0 fully saturated rings. The molecule has 2 aromatic rings. The molecule has 0 aliphatic rings. The average Bonchev–Trinajstić information content (AvgIpc) is 2.30. The first-order valence-electron chi connectivity index (χ1n) is 4.62. The molecule has 0 amide bonds. The lowest BCUT2D eigenvalue weighted by Gasteiger charge is -2.10. The Balaban J connectivity index is 2.37. The lowest BCUT2D eigenvalue weighted by molar-refractivity contribution is 1.38. The lowest BCUT2D eigenvalue weighted by Crippen LogP contribution is -1.94. The van der Waals surface area contributed by atoms with Gasteiger partial charge in [0.05, 0.1) is 0 Å². The van der Waals surface area contributed by atoms with E-state index < -0.39 is 0 Å². The lowest BCUT2D eigenvalue weighted by atomic mass is 10.0. The number of halogens is 2. The highest BCUT2D eigenvalue weighted by atomic mass is 35.5. The highest BCUT2D eigenvalue weighted by Gasteiger charge is 2.13. The highest BCUT2D eigenvalue weighted by molar-refractivity contribution is 6.36. The predicted molar refractivity (Wildman–Crippen MR) is 65.2 cm³/mol. The Bertz CT molecular complexity index is 437. The van der Waals surface area contributed by atoms with Crippen LogP contribution in [0.3, 0.4) is 0 Å². The average molecular weight is 236 g/mol. The van der Waals surface area contributed by atoms with Crippen molar-refractivity contribution in [3.63, 3.8) is 0 Å². The van der Waals surface area contributed by atoms with Crippen LogP contribution in [0.15, 0.2) is 54.6 Å². The quantitative estimate of drug-likeness (QED) is 0.719. The van der Waals surface area contributed by atoms with Crippen molar-refractivity contribution >= 4 is 23.2 Å². The van der Waals surface area contributed by atoms with Crippen LogP contribution in [0.25, 0.3) is 0 Å². The van der Waals surface area contributed by atoms with Crippen molar-refractivity contribution in [2.45, 2.75) is 0 Å². The van der Waals surface area contributed by atoms with Crippen molar-refractivity contribution in [3.8, 4) is 0 Å². The number of benzene rings is 2. The van der Waals surface area contributed by atoms with E-state index in [4.69, 9.17) is 23.2 Å². The molecule has 0 nitrogen and oxygen atoms in total. The first-order valence-corrected chi connectivity index (χ1v) is 5.37. The maximum absolute atomic E-state index is 6.27. The molecule has 0 unspecified atom stereocenters. The molecule has 2 heteroatoms. The summed E-state index contributed by atoms with van der Waals surface area (Å²) >= 11 is 12.3. The van der Waals surface area contributed by atoms with Crippen molar-refractivity contribution in [2.75, 3.05) is 0 Å². The first kappa shape index (κ1) is 10.5. The van der Waals surface area contributed by atoms with Gasteiger partial charge in [0.2, 0.25) is 0 Å². The molecule has 15 heavy (non-hydrogen) atoms. The zero-order valence-electron chi connectivity index (χ0n) is 7.95. The zero-order valence-corrected chi connectivity index (χ0v) is 9.46. The van der Waals surface area contributed by atoms with Crippen LogP contribution in [0.2, 0.25) is 5.02 Å². The van der Waals surface area contributed by atoms with Crippen molar-refractivity contribution in [1.82, 2.24) is 0 Å². The molecular weight excluding hydrogens is 227 g/mol. The predicted octanol–water partition coefficient (Wildman–Crippen LogP) is 4.51. The fourth-order valence-corrected chi connectivity index (χ4v) is 1.95. The molecule has 2 rings (SSSR count). The molecule has 0 atom stereocenters. The summed E-state index contributed by atoms with van der Waals surface area (Å²) in [6.45, 7) is 0. The van der Waals surface area contributed by atoms with Crippen LogP contribution in [0.5, 0.6) is 0 Å². The SMILES string of the molecule is Cl[C](c1ccccc1)c1ccccc1Cl. The van der Waals surface area contributed by atoms with E-state index >= 15 is 0 Å². The van der Waals surface area contributed by atoms with Crippen LogP contribution in [0.4, 0.5) is 0 Å². The summed E-state index contributed by atoms with van der Waals surface area (Å²) < 4.78 is 0. The number of hydrogen-bond acceptors (Lipinski definition) is 0. The van der Waals surface area contributed by atoms with Crippen LogP contribution in [-0.4, -0.2) is 0 Å². The second kappa shape index (κ2) is 4.69. The third-order valence-electron chi connectivity index (χ3n) is 2.14. The van der Waals surface area contributed by atoms with Gasteiger partial charge in [0.15, 0.2) is 0 Å². The van der Waals surface area contributed by atoms with E-state index in [9.17, 15) is 0 Å². The third-order valence-corrected chi connectivity index (χ3v) is 2.89. The Morgan fingerprint density at radius 2 is 1.40 bits per heavy atom. The molecule has 0 aromatic heterocycles. The van der Waals surface area contributed by atoms with Gasteiger partial charge in [-0.25, -0.2) is 0 Å². The maximum atomic E-state index is 6.27. The summed E-state index contributed by atoms with van der Waals surface area (Å²) in [4.78, 5) is 0. The minimum Gasteiger partial charge on any atom is -0.106 e. The maximum Gasteiger partial charge on any atom is 0.123 e.